The summed E-state index contributed by atoms with van der Waals surface area (Å²) in [6.07, 6.45) is 0.601. The molecule has 28 heavy (non-hydrogen) atoms. The molecule has 1 saturated heterocycles. The second-order valence-corrected chi connectivity index (χ2v) is 7.88. The maximum Gasteiger partial charge on any atom is 0.443 e. The van der Waals surface area contributed by atoms with E-state index in [1.54, 1.807) is 0 Å². The number of amides is 2. The molecule has 14 nitrogen and oxygen atoms in total. The zero-order valence-electron chi connectivity index (χ0n) is 14.4. The van der Waals surface area contributed by atoms with Crippen molar-refractivity contribution < 1.29 is 41.6 Å². The molecule has 154 valence electrons. The van der Waals surface area contributed by atoms with Crippen molar-refractivity contribution in [3.63, 3.8) is 0 Å². The van der Waals surface area contributed by atoms with Gasteiger partial charge in [0.1, 0.15) is 6.21 Å². The Morgan fingerprint density at radius 2 is 2.18 bits per heavy atom. The number of nitrogen functional groups attached to an aromatic ring is 1. The summed E-state index contributed by atoms with van der Waals surface area (Å²) in [5.74, 6) is -3.38. The monoisotopic (exact) mass is 438 g/mol. The smallest absolute Gasteiger partial charge is 0.443 e. The number of carboxylic acids is 1. The third kappa shape index (κ3) is 3.94. The van der Waals surface area contributed by atoms with Crippen LogP contribution in [0.25, 0.3) is 0 Å². The average Bonchev–Trinajstić information content (AvgIpc) is 2.99. The molecule has 1 aliphatic heterocycles. The highest BCUT2D eigenvalue weighted by atomic mass is 32.3. The number of carbonyl (C=O) groups is 3. The lowest BCUT2D eigenvalue weighted by atomic mass is 9.81. The van der Waals surface area contributed by atoms with Crippen molar-refractivity contribution >= 4 is 56.7 Å². The van der Waals surface area contributed by atoms with E-state index in [1.807, 2.05) is 0 Å². The van der Waals surface area contributed by atoms with Gasteiger partial charge in [-0.2, -0.15) is 13.4 Å². The molecule has 0 aromatic carbocycles. The first kappa shape index (κ1) is 21.6. The molecular formula is C12H16N5O9S2+. The minimum atomic E-state index is -5.10. The minimum absolute atomic E-state index is 0.0187. The predicted molar refractivity (Wildman–Crippen MR) is 94.1 cm³/mol. The summed E-state index contributed by atoms with van der Waals surface area (Å²) in [7, 11) is -5.10. The predicted octanol–water partition coefficient (Wildman–Crippen LogP) is -1.34. The number of nitrogens with two attached hydrogens (primary N) is 1. The summed E-state index contributed by atoms with van der Waals surface area (Å²) in [6.45, 7) is 2.00. The van der Waals surface area contributed by atoms with Gasteiger partial charge in [0.05, 0.1) is 5.38 Å². The maximum absolute atomic E-state index is 12.8. The van der Waals surface area contributed by atoms with Crippen LogP contribution in [0.4, 0.5) is 10.9 Å². The molecule has 0 bridgehead atoms. The van der Waals surface area contributed by atoms with Crippen LogP contribution in [0, 0.1) is 0 Å². The van der Waals surface area contributed by atoms with Gasteiger partial charge in [0, 0.05) is 0 Å². The Morgan fingerprint density at radius 3 is 2.64 bits per heavy atom. The molecule has 5 N–H and O–H groups in total. The van der Waals surface area contributed by atoms with Gasteiger partial charge in [-0.3, -0.25) is 9.35 Å². The van der Waals surface area contributed by atoms with Crippen molar-refractivity contribution in [1.82, 2.24) is 14.9 Å². The van der Waals surface area contributed by atoms with Gasteiger partial charge in [0.15, 0.2) is 10.7 Å². The Bertz CT molecular complexity index is 941. The van der Waals surface area contributed by atoms with Gasteiger partial charge in [-0.25, -0.2) is 9.59 Å². The van der Waals surface area contributed by atoms with Crippen LogP contribution in [0.2, 0.25) is 0 Å². The Kier molecular flexibility index (Phi) is 5.72. The summed E-state index contributed by atoms with van der Waals surface area (Å²) in [4.78, 5) is 43.1. The molecular weight excluding hydrogens is 422 g/mol. The molecule has 2 amide bonds. The molecule has 0 radical (unpaired) electrons. The van der Waals surface area contributed by atoms with Gasteiger partial charge in [-0.05, 0) is 22.8 Å². The Balaban J connectivity index is 2.26. The van der Waals surface area contributed by atoms with E-state index in [0.29, 0.717) is 6.21 Å². The van der Waals surface area contributed by atoms with E-state index in [-0.39, 0.29) is 10.9 Å². The number of hydrogen-bond acceptors (Lipinski definition) is 11. The first-order valence-electron chi connectivity index (χ1n) is 7.32. The van der Waals surface area contributed by atoms with Crippen LogP contribution in [-0.4, -0.2) is 65.2 Å². The number of anilines is 1. The number of hydrogen-bond donors (Lipinski definition) is 4. The van der Waals surface area contributed by atoms with Crippen LogP contribution in [0.15, 0.2) is 10.5 Å². The number of quaternary nitrogens is 1. The van der Waals surface area contributed by atoms with Gasteiger partial charge in [0.2, 0.25) is 12.6 Å². The van der Waals surface area contributed by atoms with E-state index < -0.39 is 51.0 Å². The third-order valence-electron chi connectivity index (χ3n) is 3.83. The van der Waals surface area contributed by atoms with Gasteiger partial charge in [-0.1, -0.05) is 16.5 Å². The highest BCUT2D eigenvalue weighted by Gasteiger charge is 2.77. The van der Waals surface area contributed by atoms with Crippen LogP contribution in [-0.2, 0) is 33.9 Å². The number of hydroxylamine groups is 2. The number of aliphatic carboxylic acids is 1. The number of β-lactam (4-membered cyclic amide) rings is 1. The summed E-state index contributed by atoms with van der Waals surface area (Å²) >= 11 is 0.910. The highest BCUT2D eigenvalue weighted by Crippen LogP contribution is 2.47. The number of nitrogens with zero attached hydrogens (tertiary/aromatic N) is 3. The highest BCUT2D eigenvalue weighted by molar-refractivity contribution is 7.80. The molecule has 0 saturated carbocycles. The Morgan fingerprint density at radius 1 is 1.54 bits per heavy atom. The fraction of sp³-hybridized carbons (Fsp3) is 0.417. The SMILES string of the molecule is CC1(C)[C@H](NC(=O)C=NOCC(=O)O)C(=O)[N+]1(OS(=O)(=O)O)c1csc(N)n1. The number of oxime groups is 1. The number of rotatable bonds is 8. The molecule has 1 unspecified atom stereocenters. The molecule has 2 heterocycles. The summed E-state index contributed by atoms with van der Waals surface area (Å²) in [6, 6.07) is -1.27. The summed E-state index contributed by atoms with van der Waals surface area (Å²) < 4.78 is 35.1. The number of nitrogens with one attached hydrogen (secondary N) is 1. The van der Waals surface area contributed by atoms with Crippen molar-refractivity contribution in [2.75, 3.05) is 12.3 Å². The van der Waals surface area contributed by atoms with E-state index in [2.05, 4.69) is 24.6 Å². The van der Waals surface area contributed by atoms with Crippen LogP contribution in [0.5, 0.6) is 0 Å². The quantitative estimate of drug-likeness (QED) is 0.123. The molecule has 0 aliphatic carbocycles. The third-order valence-corrected chi connectivity index (χ3v) is 4.91. The fourth-order valence-electron chi connectivity index (χ4n) is 2.62. The minimum Gasteiger partial charge on any atom is -0.479 e. The van der Waals surface area contributed by atoms with Gasteiger partial charge in [0.25, 0.3) is 11.7 Å². The lowest BCUT2D eigenvalue weighted by Gasteiger charge is -2.52. The average molecular weight is 438 g/mol. The molecule has 2 rings (SSSR count). The molecule has 1 fully saturated rings. The topological polar surface area (TPSA) is 208 Å². The van der Waals surface area contributed by atoms with E-state index in [4.69, 9.17) is 15.4 Å². The zero-order valence-corrected chi connectivity index (χ0v) is 16.1. The van der Waals surface area contributed by atoms with Gasteiger partial charge in [-0.15, -0.1) is 0 Å². The van der Waals surface area contributed by atoms with Crippen molar-refractivity contribution in [1.29, 1.82) is 0 Å². The van der Waals surface area contributed by atoms with Crippen LogP contribution >= 0.6 is 11.3 Å². The molecule has 0 spiro atoms. The van der Waals surface area contributed by atoms with Gasteiger partial charge >= 0.3 is 22.3 Å². The Hall–Kier alpha value is -2.66. The van der Waals surface area contributed by atoms with Crippen molar-refractivity contribution in [2.24, 2.45) is 5.16 Å². The first-order valence-corrected chi connectivity index (χ1v) is 9.57. The van der Waals surface area contributed by atoms with E-state index in [9.17, 15) is 22.8 Å². The van der Waals surface area contributed by atoms with Crippen molar-refractivity contribution in [3.05, 3.63) is 5.38 Å². The fourth-order valence-corrected chi connectivity index (χ4v) is 3.82. The summed E-state index contributed by atoms with van der Waals surface area (Å²) in [5, 5.41) is 15.1. The summed E-state index contributed by atoms with van der Waals surface area (Å²) in [5.41, 5.74) is 4.09. The number of aromatic nitrogens is 1. The van der Waals surface area contributed by atoms with Crippen LogP contribution < -0.4 is 15.7 Å². The van der Waals surface area contributed by atoms with Crippen molar-refractivity contribution in [2.45, 2.75) is 25.4 Å². The second kappa shape index (κ2) is 7.40. The van der Waals surface area contributed by atoms with Crippen molar-refractivity contribution in [3.8, 4) is 0 Å². The van der Waals surface area contributed by atoms with E-state index in [0.717, 1.165) is 11.3 Å². The maximum atomic E-state index is 12.8. The first-order chi connectivity index (χ1) is 12.8. The molecule has 1 aromatic rings. The van der Waals surface area contributed by atoms with Crippen LogP contribution in [0.3, 0.4) is 0 Å². The molecule has 16 heteroatoms. The standard InChI is InChI=1S/C12H15N5O9S2/c1-12(2)9(16-7(18)3-14-25-4-8(19)20)10(21)17(12,26-28(22,23)24)6-5-27-11(13)15-6/h3,5,9H,4H2,1-2H3,(H4-,13,15,16,18,19,20,22,23,24)/p+1/t9-,17?/m1/s1. The molecule has 1 aromatic heterocycles. The Labute approximate surface area is 162 Å². The zero-order chi connectivity index (χ0) is 21.3. The number of carboxylic acid groups (broad SMARTS) is 1. The van der Waals surface area contributed by atoms with Gasteiger partial charge < -0.3 is 21.0 Å². The van der Waals surface area contributed by atoms with E-state index in [1.165, 1.54) is 19.2 Å². The largest absolute Gasteiger partial charge is 0.479 e. The number of thiazole rings is 1. The normalized spacial score (nSPS) is 24.0. The lowest BCUT2D eigenvalue weighted by Crippen LogP contribution is -2.88. The second-order valence-electron chi connectivity index (χ2n) is 5.99. The van der Waals surface area contributed by atoms with Crippen LogP contribution in [0.1, 0.15) is 13.8 Å². The number of carbonyl (C=O) groups excluding carboxylic acids is 2. The lowest BCUT2D eigenvalue weighted by molar-refractivity contribution is -0.213. The van der Waals surface area contributed by atoms with E-state index >= 15 is 0 Å². The molecule has 1 aliphatic rings. The molecule has 2 atom stereocenters.